The lowest BCUT2D eigenvalue weighted by Crippen LogP contribution is -2.23. The number of hydrogen-bond donors (Lipinski definition) is 2. The van der Waals surface area contributed by atoms with Crippen LogP contribution in [0.1, 0.15) is 21.5 Å². The molecule has 2 N–H and O–H groups in total. The average Bonchev–Trinajstić information content (AvgIpc) is 2.70. The fourth-order valence-electron chi connectivity index (χ4n) is 2.50. The average molecular weight is 383 g/mol. The number of hydrogen-bond acceptors (Lipinski definition) is 5. The van der Waals surface area contributed by atoms with E-state index in [2.05, 4.69) is 20.6 Å². The predicted molar refractivity (Wildman–Crippen MR) is 106 cm³/mol. The molecule has 3 aromatic rings. The molecule has 0 unspecified atom stereocenters. The van der Waals surface area contributed by atoms with Crippen LogP contribution in [0.3, 0.4) is 0 Å². The van der Waals surface area contributed by atoms with Crippen molar-refractivity contribution in [1.82, 2.24) is 15.3 Å². The Morgan fingerprint density at radius 3 is 2.59 bits per heavy atom. The molecule has 0 saturated heterocycles. The summed E-state index contributed by atoms with van der Waals surface area (Å²) in [6.45, 7) is 2.26. The summed E-state index contributed by atoms with van der Waals surface area (Å²) < 4.78 is 5.28. The summed E-state index contributed by atoms with van der Waals surface area (Å²) in [6.07, 6.45) is 2.96. The quantitative estimate of drug-likeness (QED) is 0.670. The van der Waals surface area contributed by atoms with Crippen molar-refractivity contribution < 1.29 is 9.53 Å². The van der Waals surface area contributed by atoms with E-state index in [9.17, 15) is 4.79 Å². The Morgan fingerprint density at radius 2 is 1.85 bits per heavy atom. The number of ether oxygens (including phenoxy) is 1. The summed E-state index contributed by atoms with van der Waals surface area (Å²) in [4.78, 5) is 20.7. The van der Waals surface area contributed by atoms with Crippen LogP contribution in [0.25, 0.3) is 0 Å². The van der Waals surface area contributed by atoms with Crippen LogP contribution in [0.5, 0.6) is 5.75 Å². The number of aromatic nitrogens is 2. The minimum atomic E-state index is -0.258. The first-order chi connectivity index (χ1) is 13.1. The van der Waals surface area contributed by atoms with Gasteiger partial charge in [-0.25, -0.2) is 9.97 Å². The summed E-state index contributed by atoms with van der Waals surface area (Å²) in [5.74, 6) is 0.860. The van der Waals surface area contributed by atoms with Gasteiger partial charge in [-0.15, -0.1) is 0 Å². The van der Waals surface area contributed by atoms with E-state index in [-0.39, 0.29) is 5.91 Å². The lowest BCUT2D eigenvalue weighted by Gasteiger charge is -2.10. The third-order valence-corrected chi connectivity index (χ3v) is 4.47. The highest BCUT2D eigenvalue weighted by atomic mass is 35.5. The molecule has 0 saturated carbocycles. The van der Waals surface area contributed by atoms with E-state index >= 15 is 0 Å². The second-order valence-electron chi connectivity index (χ2n) is 5.83. The number of amides is 1. The first kappa shape index (κ1) is 18.7. The molecular formula is C20H19ClN4O2. The number of methoxy groups -OCH3 is 1. The van der Waals surface area contributed by atoms with Gasteiger partial charge in [0.2, 0.25) is 5.95 Å². The molecule has 1 aromatic heterocycles. The number of nitrogens with one attached hydrogen (secondary N) is 2. The van der Waals surface area contributed by atoms with E-state index in [1.807, 2.05) is 49.4 Å². The molecule has 1 heterocycles. The van der Waals surface area contributed by atoms with Gasteiger partial charge in [0, 0.05) is 35.2 Å². The molecule has 7 heteroatoms. The molecule has 6 nitrogen and oxygen atoms in total. The van der Waals surface area contributed by atoms with Gasteiger partial charge in [-0.1, -0.05) is 35.9 Å². The van der Waals surface area contributed by atoms with Crippen molar-refractivity contribution in [2.45, 2.75) is 13.5 Å². The maximum Gasteiger partial charge on any atom is 0.254 e. The van der Waals surface area contributed by atoms with E-state index in [0.29, 0.717) is 23.1 Å². The Labute approximate surface area is 162 Å². The van der Waals surface area contributed by atoms with E-state index in [1.165, 1.54) is 12.4 Å². The molecule has 0 bridgehead atoms. The fourth-order valence-corrected chi connectivity index (χ4v) is 2.67. The lowest BCUT2D eigenvalue weighted by molar-refractivity contribution is 0.0950. The normalized spacial score (nSPS) is 10.3. The van der Waals surface area contributed by atoms with Crippen LogP contribution >= 0.6 is 11.6 Å². The zero-order valence-electron chi connectivity index (χ0n) is 15.0. The van der Waals surface area contributed by atoms with Gasteiger partial charge < -0.3 is 15.4 Å². The highest BCUT2D eigenvalue weighted by Gasteiger charge is 2.10. The van der Waals surface area contributed by atoms with Crippen LogP contribution in [-0.4, -0.2) is 23.0 Å². The number of carbonyl (C=O) groups excluding carboxylic acids is 1. The van der Waals surface area contributed by atoms with Gasteiger partial charge in [0.15, 0.2) is 0 Å². The van der Waals surface area contributed by atoms with Crippen molar-refractivity contribution in [3.8, 4) is 5.75 Å². The predicted octanol–water partition coefficient (Wildman–Crippen LogP) is 4.12. The number of benzene rings is 2. The second-order valence-corrected chi connectivity index (χ2v) is 6.23. The first-order valence-electron chi connectivity index (χ1n) is 8.32. The Kier molecular flexibility index (Phi) is 5.88. The van der Waals surface area contributed by atoms with Gasteiger partial charge in [-0.3, -0.25) is 4.79 Å². The van der Waals surface area contributed by atoms with Gasteiger partial charge >= 0.3 is 0 Å². The van der Waals surface area contributed by atoms with Crippen molar-refractivity contribution >= 4 is 29.1 Å². The molecule has 27 heavy (non-hydrogen) atoms. The molecule has 0 aliphatic carbocycles. The zero-order valence-corrected chi connectivity index (χ0v) is 15.7. The van der Waals surface area contributed by atoms with Crippen molar-refractivity contribution in [3.05, 3.63) is 76.6 Å². The Balaban J connectivity index is 1.64. The van der Waals surface area contributed by atoms with E-state index < -0.39 is 0 Å². The van der Waals surface area contributed by atoms with Crippen LogP contribution < -0.4 is 15.4 Å². The van der Waals surface area contributed by atoms with Gasteiger partial charge in [0.05, 0.1) is 12.7 Å². The fraction of sp³-hybridized carbons (Fsp3) is 0.150. The molecule has 1 amide bonds. The monoisotopic (exact) mass is 382 g/mol. The van der Waals surface area contributed by atoms with Crippen LogP contribution in [0.2, 0.25) is 5.02 Å². The third-order valence-electron chi connectivity index (χ3n) is 4.06. The summed E-state index contributed by atoms with van der Waals surface area (Å²) in [6, 6.07) is 13.1. The summed E-state index contributed by atoms with van der Waals surface area (Å²) >= 11 is 6.11. The largest absolute Gasteiger partial charge is 0.496 e. The van der Waals surface area contributed by atoms with Crippen LogP contribution in [-0.2, 0) is 6.54 Å². The molecule has 0 fully saturated rings. The number of nitrogens with zero attached hydrogens (tertiary/aromatic N) is 2. The van der Waals surface area contributed by atoms with Crippen molar-refractivity contribution in [2.75, 3.05) is 12.4 Å². The first-order valence-corrected chi connectivity index (χ1v) is 8.70. The topological polar surface area (TPSA) is 76.1 Å². The summed E-state index contributed by atoms with van der Waals surface area (Å²) in [5, 5.41) is 6.60. The maximum absolute atomic E-state index is 12.3. The van der Waals surface area contributed by atoms with Gasteiger partial charge in [0.1, 0.15) is 5.75 Å². The number of halogens is 1. The second kappa shape index (κ2) is 8.51. The van der Waals surface area contributed by atoms with Crippen molar-refractivity contribution in [2.24, 2.45) is 0 Å². The molecule has 138 valence electrons. The molecule has 0 radical (unpaired) electrons. The van der Waals surface area contributed by atoms with E-state index in [0.717, 1.165) is 22.6 Å². The van der Waals surface area contributed by atoms with Crippen molar-refractivity contribution in [1.29, 1.82) is 0 Å². The van der Waals surface area contributed by atoms with Gasteiger partial charge in [-0.05, 0) is 30.7 Å². The van der Waals surface area contributed by atoms with Crippen LogP contribution in [0.15, 0.2) is 54.9 Å². The molecule has 0 atom stereocenters. The van der Waals surface area contributed by atoms with E-state index in [4.69, 9.17) is 16.3 Å². The van der Waals surface area contributed by atoms with Gasteiger partial charge in [0.25, 0.3) is 5.91 Å². The van der Waals surface area contributed by atoms with E-state index in [1.54, 1.807) is 7.11 Å². The summed E-state index contributed by atoms with van der Waals surface area (Å²) in [7, 11) is 1.60. The Hall–Kier alpha value is -3.12. The number of para-hydroxylation sites is 1. The highest BCUT2D eigenvalue weighted by Crippen LogP contribution is 2.24. The smallest absolute Gasteiger partial charge is 0.254 e. The molecule has 2 aromatic carbocycles. The SMILES string of the molecule is COc1ccccc1CNC(=O)c1cnc(Nc2cccc(Cl)c2C)nc1. The molecule has 0 aliphatic rings. The molecule has 0 spiro atoms. The number of rotatable bonds is 6. The minimum absolute atomic E-state index is 0.258. The van der Waals surface area contributed by atoms with Crippen LogP contribution in [0, 0.1) is 6.92 Å². The summed E-state index contributed by atoms with van der Waals surface area (Å²) in [5.41, 5.74) is 2.99. The molecule has 0 aliphatic heterocycles. The van der Waals surface area contributed by atoms with Crippen LogP contribution in [0.4, 0.5) is 11.6 Å². The molecule has 3 rings (SSSR count). The Morgan fingerprint density at radius 1 is 1.11 bits per heavy atom. The van der Waals surface area contributed by atoms with Crippen molar-refractivity contribution in [3.63, 3.8) is 0 Å². The standard InChI is InChI=1S/C20H19ClN4O2/c1-13-16(21)7-5-8-17(13)25-20-23-11-15(12-24-20)19(26)22-10-14-6-3-4-9-18(14)27-2/h3-9,11-12H,10H2,1-2H3,(H,22,26)(H,23,24,25). The lowest BCUT2D eigenvalue weighted by atomic mass is 10.2. The van der Waals surface area contributed by atoms with Gasteiger partial charge in [-0.2, -0.15) is 0 Å². The number of anilines is 2. The molecular weight excluding hydrogens is 364 g/mol. The minimum Gasteiger partial charge on any atom is -0.496 e. The Bertz CT molecular complexity index is 945. The zero-order chi connectivity index (χ0) is 19.2. The number of carbonyl (C=O) groups is 1. The maximum atomic E-state index is 12.3. The third kappa shape index (κ3) is 4.54. The highest BCUT2D eigenvalue weighted by molar-refractivity contribution is 6.31.